The lowest BCUT2D eigenvalue weighted by Crippen LogP contribution is -2.35. The summed E-state index contributed by atoms with van der Waals surface area (Å²) in [5.41, 5.74) is 3.73. The third-order valence-electron chi connectivity index (χ3n) is 3.45. The Morgan fingerprint density at radius 1 is 1.24 bits per heavy atom. The quantitative estimate of drug-likeness (QED) is 0.915. The Kier molecular flexibility index (Phi) is 3.82. The molecule has 4 nitrogen and oxygen atoms in total. The second-order valence-electron chi connectivity index (χ2n) is 4.97. The molecule has 1 aliphatic heterocycles. The summed E-state index contributed by atoms with van der Waals surface area (Å²) in [6.07, 6.45) is 0. The van der Waals surface area contributed by atoms with Crippen molar-refractivity contribution in [2.45, 2.75) is 6.54 Å². The van der Waals surface area contributed by atoms with Crippen LogP contribution in [-0.4, -0.2) is 19.5 Å². The number of nitrogens with one attached hydrogen (secondary N) is 2. The van der Waals surface area contributed by atoms with Gasteiger partial charge >= 0.3 is 0 Å². The molecular formula is C16H16ClN3O. The number of carbonyl (C=O) groups is 1. The molecule has 2 aromatic rings. The van der Waals surface area contributed by atoms with Gasteiger partial charge in [0.25, 0.3) is 0 Å². The summed E-state index contributed by atoms with van der Waals surface area (Å²) in [5, 5.41) is 6.62. The maximum Gasteiger partial charge on any atom is 0.244 e. The molecule has 1 heterocycles. The van der Waals surface area contributed by atoms with Crippen LogP contribution < -0.4 is 15.5 Å². The van der Waals surface area contributed by atoms with Gasteiger partial charge in [-0.1, -0.05) is 29.8 Å². The predicted octanol–water partition coefficient (Wildman–Crippen LogP) is 3.15. The van der Waals surface area contributed by atoms with E-state index in [4.69, 9.17) is 11.6 Å². The van der Waals surface area contributed by atoms with Crippen LogP contribution in [0.4, 0.5) is 17.1 Å². The number of anilines is 3. The number of benzene rings is 2. The second kappa shape index (κ2) is 5.76. The van der Waals surface area contributed by atoms with Crippen LogP contribution in [0, 0.1) is 0 Å². The summed E-state index contributed by atoms with van der Waals surface area (Å²) >= 11 is 6.41. The van der Waals surface area contributed by atoms with E-state index in [0.29, 0.717) is 5.02 Å². The second-order valence-corrected chi connectivity index (χ2v) is 5.37. The summed E-state index contributed by atoms with van der Waals surface area (Å²) < 4.78 is 0. The lowest BCUT2D eigenvalue weighted by Gasteiger charge is -2.31. The molecule has 108 valence electrons. The number of carbonyl (C=O) groups excluding carboxylic acids is 1. The molecule has 0 aliphatic carbocycles. The highest BCUT2D eigenvalue weighted by molar-refractivity contribution is 6.33. The van der Waals surface area contributed by atoms with Gasteiger partial charge in [0.2, 0.25) is 5.91 Å². The van der Waals surface area contributed by atoms with Crippen LogP contribution in [0.3, 0.4) is 0 Å². The summed E-state index contributed by atoms with van der Waals surface area (Å²) in [5.74, 6) is -0.0379. The van der Waals surface area contributed by atoms with Crippen molar-refractivity contribution >= 4 is 34.6 Å². The Balaban J connectivity index is 2.02. The zero-order valence-electron chi connectivity index (χ0n) is 11.7. The van der Waals surface area contributed by atoms with E-state index in [1.54, 1.807) is 0 Å². The number of halogens is 1. The summed E-state index contributed by atoms with van der Waals surface area (Å²) in [6.45, 7) is 1.03. The van der Waals surface area contributed by atoms with Crippen LogP contribution in [0.15, 0.2) is 42.5 Å². The van der Waals surface area contributed by atoms with Crippen molar-refractivity contribution < 1.29 is 4.79 Å². The Morgan fingerprint density at radius 3 is 2.81 bits per heavy atom. The zero-order chi connectivity index (χ0) is 14.8. The monoisotopic (exact) mass is 301 g/mol. The minimum Gasteiger partial charge on any atom is -0.329 e. The molecule has 2 aromatic carbocycles. The summed E-state index contributed by atoms with van der Waals surface area (Å²) in [7, 11) is 1.90. The lowest BCUT2D eigenvalue weighted by molar-refractivity contribution is -0.115. The van der Waals surface area contributed by atoms with E-state index in [2.05, 4.69) is 10.6 Å². The van der Waals surface area contributed by atoms with Crippen molar-refractivity contribution in [2.75, 3.05) is 23.8 Å². The minimum atomic E-state index is -0.0379. The van der Waals surface area contributed by atoms with Crippen molar-refractivity contribution in [1.82, 2.24) is 5.32 Å². The highest BCUT2D eigenvalue weighted by Gasteiger charge is 2.24. The van der Waals surface area contributed by atoms with Crippen LogP contribution in [0.1, 0.15) is 5.56 Å². The van der Waals surface area contributed by atoms with Gasteiger partial charge in [0, 0.05) is 6.54 Å². The van der Waals surface area contributed by atoms with E-state index in [1.165, 1.54) is 0 Å². The zero-order valence-corrected chi connectivity index (χ0v) is 12.4. The Morgan fingerprint density at radius 2 is 2.05 bits per heavy atom. The van der Waals surface area contributed by atoms with E-state index in [0.717, 1.165) is 29.2 Å². The normalized spacial score (nSPS) is 13.8. The van der Waals surface area contributed by atoms with Crippen LogP contribution in [0.25, 0.3) is 0 Å². The van der Waals surface area contributed by atoms with Crippen molar-refractivity contribution in [2.24, 2.45) is 0 Å². The highest BCUT2D eigenvalue weighted by atomic mass is 35.5. The minimum absolute atomic E-state index is 0.0379. The fraction of sp³-hybridized carbons (Fsp3) is 0.188. The SMILES string of the molecule is CNCc1ccc(N2CC(=O)Nc3ccccc32)c(Cl)c1. The first-order valence-electron chi connectivity index (χ1n) is 6.78. The molecule has 0 radical (unpaired) electrons. The molecule has 0 bridgehead atoms. The van der Waals surface area contributed by atoms with Gasteiger partial charge in [-0.2, -0.15) is 0 Å². The average Bonchev–Trinajstić information content (AvgIpc) is 2.47. The molecule has 2 N–H and O–H groups in total. The predicted molar refractivity (Wildman–Crippen MR) is 86.3 cm³/mol. The van der Waals surface area contributed by atoms with E-state index in [-0.39, 0.29) is 12.5 Å². The summed E-state index contributed by atoms with van der Waals surface area (Å²) in [6, 6.07) is 13.6. The molecule has 1 aliphatic rings. The molecule has 5 heteroatoms. The Bertz CT molecular complexity index is 687. The largest absolute Gasteiger partial charge is 0.329 e. The van der Waals surface area contributed by atoms with Gasteiger partial charge in [0.1, 0.15) is 6.54 Å². The number of nitrogens with zero attached hydrogens (tertiary/aromatic N) is 1. The number of hydrogen-bond acceptors (Lipinski definition) is 3. The van der Waals surface area contributed by atoms with E-state index < -0.39 is 0 Å². The molecule has 3 rings (SSSR count). The van der Waals surface area contributed by atoms with Gasteiger partial charge < -0.3 is 15.5 Å². The maximum atomic E-state index is 11.9. The van der Waals surface area contributed by atoms with Crippen molar-refractivity contribution in [3.05, 3.63) is 53.1 Å². The third-order valence-corrected chi connectivity index (χ3v) is 3.76. The smallest absolute Gasteiger partial charge is 0.244 e. The molecule has 0 saturated heterocycles. The van der Waals surface area contributed by atoms with Gasteiger partial charge in [-0.3, -0.25) is 4.79 Å². The topological polar surface area (TPSA) is 44.4 Å². The van der Waals surface area contributed by atoms with E-state index in [9.17, 15) is 4.79 Å². The van der Waals surface area contributed by atoms with Gasteiger partial charge in [0.15, 0.2) is 0 Å². The first-order valence-corrected chi connectivity index (χ1v) is 7.16. The fourth-order valence-electron chi connectivity index (χ4n) is 2.53. The van der Waals surface area contributed by atoms with E-state index in [1.807, 2.05) is 54.4 Å². The molecule has 0 unspecified atom stereocenters. The molecule has 21 heavy (non-hydrogen) atoms. The number of fused-ring (bicyclic) bond motifs is 1. The standard InChI is InChI=1S/C16H16ClN3O/c1-18-9-11-6-7-14(12(17)8-11)20-10-16(21)19-13-4-2-3-5-15(13)20/h2-8,18H,9-10H2,1H3,(H,19,21). The van der Waals surface area contributed by atoms with Crippen molar-refractivity contribution in [3.63, 3.8) is 0 Å². The molecule has 0 atom stereocenters. The molecule has 0 aromatic heterocycles. The van der Waals surface area contributed by atoms with Crippen LogP contribution in [0.2, 0.25) is 5.02 Å². The molecule has 1 amide bonds. The van der Waals surface area contributed by atoms with Gasteiger partial charge in [0.05, 0.1) is 22.1 Å². The van der Waals surface area contributed by atoms with Crippen LogP contribution in [0.5, 0.6) is 0 Å². The van der Waals surface area contributed by atoms with Crippen LogP contribution in [-0.2, 0) is 11.3 Å². The lowest BCUT2D eigenvalue weighted by atomic mass is 10.1. The third kappa shape index (κ3) is 2.73. The maximum absolute atomic E-state index is 11.9. The van der Waals surface area contributed by atoms with Crippen molar-refractivity contribution in [1.29, 1.82) is 0 Å². The Hall–Kier alpha value is -2.04. The number of amides is 1. The first kappa shape index (κ1) is 13.9. The van der Waals surface area contributed by atoms with Crippen molar-refractivity contribution in [3.8, 4) is 0 Å². The van der Waals surface area contributed by atoms with E-state index >= 15 is 0 Å². The number of para-hydroxylation sites is 2. The van der Waals surface area contributed by atoms with Crippen LogP contribution >= 0.6 is 11.6 Å². The Labute approximate surface area is 128 Å². The summed E-state index contributed by atoms with van der Waals surface area (Å²) in [4.78, 5) is 13.8. The molecule has 0 spiro atoms. The molecule has 0 fully saturated rings. The molecule has 0 saturated carbocycles. The van der Waals surface area contributed by atoms with Gasteiger partial charge in [-0.15, -0.1) is 0 Å². The van der Waals surface area contributed by atoms with Gasteiger partial charge in [-0.25, -0.2) is 0 Å². The first-order chi connectivity index (χ1) is 10.2. The average molecular weight is 302 g/mol. The number of rotatable bonds is 3. The molecular weight excluding hydrogens is 286 g/mol. The number of hydrogen-bond donors (Lipinski definition) is 2. The fourth-order valence-corrected chi connectivity index (χ4v) is 2.84. The highest BCUT2D eigenvalue weighted by Crippen LogP contribution is 2.38. The van der Waals surface area contributed by atoms with Gasteiger partial charge in [-0.05, 0) is 36.9 Å².